The van der Waals surface area contributed by atoms with Crippen LogP contribution < -0.4 is 5.32 Å². The molecule has 0 aliphatic rings. The predicted octanol–water partition coefficient (Wildman–Crippen LogP) is 3.39. The first-order valence-electron chi connectivity index (χ1n) is 6.14. The van der Waals surface area contributed by atoms with E-state index in [1.807, 2.05) is 0 Å². The minimum atomic E-state index is -4.93. The van der Waals surface area contributed by atoms with Crippen LogP contribution in [0, 0.1) is 0 Å². The Kier molecular flexibility index (Phi) is 3.28. The number of oxazole rings is 1. The molecule has 0 radical (unpaired) electrons. The summed E-state index contributed by atoms with van der Waals surface area (Å²) in [7, 11) is 0. The van der Waals surface area contributed by atoms with Crippen LogP contribution in [0.15, 0.2) is 47.0 Å². The number of aromatic nitrogens is 2. The molecular formula is C14H8F3N3O2. The Morgan fingerprint density at radius 2 is 1.86 bits per heavy atom. The van der Waals surface area contributed by atoms with E-state index in [4.69, 9.17) is 4.42 Å². The molecule has 8 heteroatoms. The number of carbonyl (C=O) groups is 1. The Hall–Kier alpha value is -2.90. The lowest BCUT2D eigenvalue weighted by atomic mass is 10.2. The minimum absolute atomic E-state index is 0.0281. The fourth-order valence-electron chi connectivity index (χ4n) is 1.79. The van der Waals surface area contributed by atoms with Crippen molar-refractivity contribution >= 4 is 22.8 Å². The topological polar surface area (TPSA) is 68.0 Å². The Labute approximate surface area is 121 Å². The molecule has 1 aromatic carbocycles. The summed E-state index contributed by atoms with van der Waals surface area (Å²) < 4.78 is 41.9. The van der Waals surface area contributed by atoms with Gasteiger partial charge in [0, 0.05) is 17.4 Å². The van der Waals surface area contributed by atoms with Crippen molar-refractivity contribution in [3.63, 3.8) is 0 Å². The number of anilines is 1. The van der Waals surface area contributed by atoms with E-state index in [2.05, 4.69) is 9.97 Å². The molecule has 0 spiro atoms. The first kappa shape index (κ1) is 14.1. The molecule has 0 saturated carbocycles. The molecule has 0 bridgehead atoms. The van der Waals surface area contributed by atoms with Crippen LogP contribution in [-0.4, -0.2) is 22.1 Å². The molecule has 0 saturated heterocycles. The van der Waals surface area contributed by atoms with E-state index < -0.39 is 12.1 Å². The quantitative estimate of drug-likeness (QED) is 0.788. The fourth-order valence-corrected chi connectivity index (χ4v) is 1.79. The van der Waals surface area contributed by atoms with Gasteiger partial charge in [-0.15, -0.1) is 0 Å². The van der Waals surface area contributed by atoms with Gasteiger partial charge in [-0.3, -0.25) is 4.79 Å². The summed E-state index contributed by atoms with van der Waals surface area (Å²) in [6, 6.07) is 9.07. The number of alkyl halides is 3. The number of hydrogen-bond acceptors (Lipinski definition) is 4. The van der Waals surface area contributed by atoms with Gasteiger partial charge in [-0.25, -0.2) is 4.98 Å². The summed E-state index contributed by atoms with van der Waals surface area (Å²) in [6.45, 7) is 0. The first-order valence-corrected chi connectivity index (χ1v) is 6.14. The maximum atomic E-state index is 12.2. The van der Waals surface area contributed by atoms with Crippen molar-refractivity contribution in [1.29, 1.82) is 0 Å². The van der Waals surface area contributed by atoms with Crippen molar-refractivity contribution in [3.8, 4) is 11.5 Å². The summed E-state index contributed by atoms with van der Waals surface area (Å²) in [5.74, 6) is -1.73. The lowest BCUT2D eigenvalue weighted by Crippen LogP contribution is -2.29. The molecule has 112 valence electrons. The Bertz CT molecular complexity index is 792. The molecular weight excluding hydrogens is 299 g/mol. The van der Waals surface area contributed by atoms with E-state index in [-0.39, 0.29) is 5.69 Å². The average Bonchev–Trinajstić information content (AvgIpc) is 2.91. The molecule has 0 atom stereocenters. The van der Waals surface area contributed by atoms with Gasteiger partial charge in [0.1, 0.15) is 0 Å². The third-order valence-corrected chi connectivity index (χ3v) is 2.81. The Balaban J connectivity index is 1.83. The van der Waals surface area contributed by atoms with Crippen LogP contribution in [0.2, 0.25) is 0 Å². The Morgan fingerprint density at radius 3 is 2.50 bits per heavy atom. The number of pyridine rings is 1. The minimum Gasteiger partial charge on any atom is -0.434 e. The van der Waals surface area contributed by atoms with E-state index in [9.17, 15) is 18.0 Å². The lowest BCUT2D eigenvalue weighted by Gasteiger charge is -2.07. The molecule has 5 nitrogen and oxygen atoms in total. The van der Waals surface area contributed by atoms with Crippen molar-refractivity contribution in [2.75, 3.05) is 5.32 Å². The van der Waals surface area contributed by atoms with Crippen molar-refractivity contribution in [2.24, 2.45) is 0 Å². The van der Waals surface area contributed by atoms with E-state index >= 15 is 0 Å². The van der Waals surface area contributed by atoms with Crippen molar-refractivity contribution in [1.82, 2.24) is 9.97 Å². The monoisotopic (exact) mass is 307 g/mol. The van der Waals surface area contributed by atoms with Gasteiger partial charge in [-0.05, 0) is 36.4 Å². The highest BCUT2D eigenvalue weighted by Crippen LogP contribution is 2.25. The van der Waals surface area contributed by atoms with E-state index in [1.165, 1.54) is 24.3 Å². The SMILES string of the molecule is O=C(Nc1ccc(-c2nc3ncccc3o2)cc1)C(F)(F)F. The largest absolute Gasteiger partial charge is 0.471 e. The summed E-state index contributed by atoms with van der Waals surface area (Å²) in [5.41, 5.74) is 1.53. The summed E-state index contributed by atoms with van der Waals surface area (Å²) >= 11 is 0. The average molecular weight is 307 g/mol. The second-order valence-corrected chi connectivity index (χ2v) is 4.37. The standard InChI is InChI=1S/C14H8F3N3O2/c15-14(16,17)13(21)19-9-5-3-8(4-6-9)12-20-11-10(22-12)2-1-7-18-11/h1-7H,(H,19,21). The van der Waals surface area contributed by atoms with Gasteiger partial charge >= 0.3 is 12.1 Å². The van der Waals surface area contributed by atoms with Gasteiger partial charge in [0.25, 0.3) is 0 Å². The molecule has 3 aromatic rings. The van der Waals surface area contributed by atoms with Gasteiger partial charge in [0.2, 0.25) is 5.89 Å². The zero-order valence-corrected chi connectivity index (χ0v) is 10.9. The van der Waals surface area contributed by atoms with Gasteiger partial charge in [-0.2, -0.15) is 18.2 Å². The maximum Gasteiger partial charge on any atom is 0.471 e. The highest BCUT2D eigenvalue weighted by molar-refractivity contribution is 5.95. The number of carbonyl (C=O) groups excluding carboxylic acids is 1. The van der Waals surface area contributed by atoms with Crippen LogP contribution in [0.3, 0.4) is 0 Å². The van der Waals surface area contributed by atoms with E-state index in [1.54, 1.807) is 23.6 Å². The molecule has 1 amide bonds. The van der Waals surface area contributed by atoms with Crippen LogP contribution >= 0.6 is 0 Å². The van der Waals surface area contributed by atoms with Crippen molar-refractivity contribution in [3.05, 3.63) is 42.6 Å². The predicted molar refractivity (Wildman–Crippen MR) is 71.9 cm³/mol. The number of halogens is 3. The number of rotatable bonds is 2. The molecule has 3 rings (SSSR count). The summed E-state index contributed by atoms with van der Waals surface area (Å²) in [6.07, 6.45) is -3.35. The molecule has 2 heterocycles. The fraction of sp³-hybridized carbons (Fsp3) is 0.0714. The van der Waals surface area contributed by atoms with E-state index in [0.717, 1.165) is 0 Å². The number of nitrogens with zero attached hydrogens (tertiary/aromatic N) is 2. The Morgan fingerprint density at radius 1 is 1.14 bits per heavy atom. The van der Waals surface area contributed by atoms with Crippen LogP contribution in [0.1, 0.15) is 0 Å². The maximum absolute atomic E-state index is 12.2. The number of benzene rings is 1. The zero-order chi connectivity index (χ0) is 15.7. The zero-order valence-electron chi connectivity index (χ0n) is 10.9. The summed E-state index contributed by atoms with van der Waals surface area (Å²) in [5, 5.41) is 1.76. The smallest absolute Gasteiger partial charge is 0.434 e. The van der Waals surface area contributed by atoms with Gasteiger partial charge in [0.15, 0.2) is 11.2 Å². The second kappa shape index (κ2) is 5.14. The number of fused-ring (bicyclic) bond motifs is 1. The third-order valence-electron chi connectivity index (χ3n) is 2.81. The normalized spacial score (nSPS) is 11.6. The highest BCUT2D eigenvalue weighted by atomic mass is 19.4. The van der Waals surface area contributed by atoms with Crippen LogP contribution in [0.25, 0.3) is 22.7 Å². The molecule has 0 aliphatic heterocycles. The van der Waals surface area contributed by atoms with Crippen molar-refractivity contribution in [2.45, 2.75) is 6.18 Å². The lowest BCUT2D eigenvalue weighted by molar-refractivity contribution is -0.167. The number of amides is 1. The van der Waals surface area contributed by atoms with Gasteiger partial charge in [-0.1, -0.05) is 0 Å². The van der Waals surface area contributed by atoms with Crippen LogP contribution in [0.4, 0.5) is 18.9 Å². The van der Waals surface area contributed by atoms with Crippen molar-refractivity contribution < 1.29 is 22.4 Å². The molecule has 1 N–H and O–H groups in total. The van der Waals surface area contributed by atoms with Gasteiger partial charge < -0.3 is 9.73 Å². The first-order chi connectivity index (χ1) is 10.4. The molecule has 0 aliphatic carbocycles. The highest BCUT2D eigenvalue weighted by Gasteiger charge is 2.38. The molecule has 22 heavy (non-hydrogen) atoms. The number of nitrogens with one attached hydrogen (secondary N) is 1. The van der Waals surface area contributed by atoms with Gasteiger partial charge in [0.05, 0.1) is 0 Å². The molecule has 2 aromatic heterocycles. The van der Waals surface area contributed by atoms with Crippen LogP contribution in [-0.2, 0) is 4.79 Å². The van der Waals surface area contributed by atoms with Crippen LogP contribution in [0.5, 0.6) is 0 Å². The molecule has 0 unspecified atom stereocenters. The summed E-state index contributed by atoms with van der Waals surface area (Å²) in [4.78, 5) is 19.0. The van der Waals surface area contributed by atoms with E-state index in [0.29, 0.717) is 22.7 Å². The number of hydrogen-bond donors (Lipinski definition) is 1. The molecule has 0 fully saturated rings. The second-order valence-electron chi connectivity index (χ2n) is 4.37. The third kappa shape index (κ3) is 2.76.